The van der Waals surface area contributed by atoms with Gasteiger partial charge in [0, 0.05) is 22.8 Å². The molecule has 0 fully saturated rings. The lowest BCUT2D eigenvalue weighted by Gasteiger charge is -2.16. The average molecular weight is 445 g/mol. The Morgan fingerprint density at radius 2 is 1.75 bits per heavy atom. The van der Waals surface area contributed by atoms with Gasteiger partial charge in [0.25, 0.3) is 5.91 Å². The van der Waals surface area contributed by atoms with E-state index in [0.29, 0.717) is 15.7 Å². The predicted octanol–water partition coefficient (Wildman–Crippen LogP) is 3.10. The first-order valence-corrected chi connectivity index (χ1v) is 10.2. The molecule has 0 aliphatic rings. The Kier molecular flexibility index (Phi) is 7.42. The molecule has 0 bridgehead atoms. The van der Waals surface area contributed by atoms with Crippen molar-refractivity contribution in [2.75, 3.05) is 25.5 Å². The van der Waals surface area contributed by atoms with E-state index < -0.39 is 35.1 Å². The summed E-state index contributed by atoms with van der Waals surface area (Å²) in [4.78, 5) is 23.8. The lowest BCUT2D eigenvalue weighted by atomic mass is 10.2. The standard InChI is InChI=1S/C18H18Cl2N2O5S/c1-12-3-6-14(9-16(12)20)21-17(23)11-27-18(24)10-22(2)28(25,26)15-7-4-13(19)5-8-15/h3-9H,10-11H2,1-2H3,(H,21,23). The molecule has 0 aliphatic heterocycles. The van der Waals surface area contributed by atoms with Crippen molar-refractivity contribution in [1.82, 2.24) is 4.31 Å². The highest BCUT2D eigenvalue weighted by atomic mass is 35.5. The van der Waals surface area contributed by atoms with Gasteiger partial charge in [-0.3, -0.25) is 9.59 Å². The molecule has 2 rings (SSSR count). The van der Waals surface area contributed by atoms with Crippen molar-refractivity contribution in [3.8, 4) is 0 Å². The Morgan fingerprint density at radius 3 is 2.36 bits per heavy atom. The molecule has 0 aliphatic carbocycles. The van der Waals surface area contributed by atoms with Crippen LogP contribution in [0.3, 0.4) is 0 Å². The number of aryl methyl sites for hydroxylation is 1. The van der Waals surface area contributed by atoms with Crippen LogP contribution in [0.1, 0.15) is 5.56 Å². The van der Waals surface area contributed by atoms with Crippen molar-refractivity contribution in [2.45, 2.75) is 11.8 Å². The van der Waals surface area contributed by atoms with Crippen LogP contribution in [0, 0.1) is 6.92 Å². The van der Waals surface area contributed by atoms with Crippen LogP contribution in [-0.2, 0) is 24.3 Å². The van der Waals surface area contributed by atoms with Crippen LogP contribution in [0.4, 0.5) is 5.69 Å². The second kappa shape index (κ2) is 9.38. The van der Waals surface area contributed by atoms with Gasteiger partial charge < -0.3 is 10.1 Å². The number of hydrogen-bond acceptors (Lipinski definition) is 5. The molecular weight excluding hydrogens is 427 g/mol. The van der Waals surface area contributed by atoms with E-state index in [1.807, 2.05) is 6.92 Å². The third-order valence-corrected chi connectivity index (χ3v) is 6.17. The van der Waals surface area contributed by atoms with E-state index in [9.17, 15) is 18.0 Å². The number of ether oxygens (including phenoxy) is 1. The molecule has 7 nitrogen and oxygen atoms in total. The number of nitrogens with one attached hydrogen (secondary N) is 1. The van der Waals surface area contributed by atoms with Gasteiger partial charge in [0.05, 0.1) is 4.90 Å². The molecule has 0 atom stereocenters. The minimum absolute atomic E-state index is 0.0128. The minimum atomic E-state index is -3.89. The molecule has 1 N–H and O–H groups in total. The quantitative estimate of drug-likeness (QED) is 0.662. The van der Waals surface area contributed by atoms with Crippen LogP contribution >= 0.6 is 23.2 Å². The van der Waals surface area contributed by atoms with E-state index in [0.717, 1.165) is 9.87 Å². The summed E-state index contributed by atoms with van der Waals surface area (Å²) in [6, 6.07) is 10.5. The molecular formula is C18H18Cl2N2O5S. The highest BCUT2D eigenvalue weighted by molar-refractivity contribution is 7.89. The lowest BCUT2D eigenvalue weighted by Crippen LogP contribution is -2.34. The predicted molar refractivity (Wildman–Crippen MR) is 107 cm³/mol. The van der Waals surface area contributed by atoms with Gasteiger partial charge in [0.2, 0.25) is 10.0 Å². The van der Waals surface area contributed by atoms with Crippen molar-refractivity contribution in [3.63, 3.8) is 0 Å². The van der Waals surface area contributed by atoms with Crippen LogP contribution in [-0.4, -0.2) is 44.8 Å². The number of hydrogen-bond donors (Lipinski definition) is 1. The van der Waals surface area contributed by atoms with Crippen LogP contribution in [0.25, 0.3) is 0 Å². The van der Waals surface area contributed by atoms with Gasteiger partial charge in [-0.1, -0.05) is 29.3 Å². The lowest BCUT2D eigenvalue weighted by molar-refractivity contribution is -0.147. The summed E-state index contributed by atoms with van der Waals surface area (Å²) >= 11 is 11.7. The minimum Gasteiger partial charge on any atom is -0.455 e. The van der Waals surface area contributed by atoms with E-state index in [-0.39, 0.29) is 4.90 Å². The molecule has 0 heterocycles. The zero-order valence-electron chi connectivity index (χ0n) is 15.1. The molecule has 0 aromatic heterocycles. The zero-order valence-corrected chi connectivity index (χ0v) is 17.4. The molecule has 2 aromatic carbocycles. The van der Waals surface area contributed by atoms with E-state index in [1.54, 1.807) is 18.2 Å². The SMILES string of the molecule is Cc1ccc(NC(=O)COC(=O)CN(C)S(=O)(=O)c2ccc(Cl)cc2)cc1Cl. The van der Waals surface area contributed by atoms with Gasteiger partial charge in [-0.25, -0.2) is 8.42 Å². The summed E-state index contributed by atoms with van der Waals surface area (Å²) in [5.41, 5.74) is 1.31. The van der Waals surface area contributed by atoms with Gasteiger partial charge in [-0.2, -0.15) is 4.31 Å². The van der Waals surface area contributed by atoms with Gasteiger partial charge in [-0.05, 0) is 48.9 Å². The van der Waals surface area contributed by atoms with Gasteiger partial charge in [0.15, 0.2) is 6.61 Å². The van der Waals surface area contributed by atoms with Crippen molar-refractivity contribution in [3.05, 3.63) is 58.1 Å². The summed E-state index contributed by atoms with van der Waals surface area (Å²) in [5.74, 6) is -1.44. The topological polar surface area (TPSA) is 92.8 Å². The Labute approximate surface area is 173 Å². The summed E-state index contributed by atoms with van der Waals surface area (Å²) in [6.45, 7) is 0.720. The number of carbonyl (C=O) groups is 2. The molecule has 0 spiro atoms. The fourth-order valence-electron chi connectivity index (χ4n) is 2.11. The van der Waals surface area contributed by atoms with Crippen LogP contribution in [0.2, 0.25) is 10.0 Å². The van der Waals surface area contributed by atoms with E-state index in [1.165, 1.54) is 31.3 Å². The number of sulfonamides is 1. The van der Waals surface area contributed by atoms with E-state index in [4.69, 9.17) is 27.9 Å². The smallest absolute Gasteiger partial charge is 0.321 e. The number of amides is 1. The molecule has 0 saturated heterocycles. The van der Waals surface area contributed by atoms with Gasteiger partial charge >= 0.3 is 5.97 Å². The highest BCUT2D eigenvalue weighted by Gasteiger charge is 2.23. The number of halogens is 2. The molecule has 2 aromatic rings. The van der Waals surface area contributed by atoms with Crippen molar-refractivity contribution < 1.29 is 22.7 Å². The summed E-state index contributed by atoms with van der Waals surface area (Å²) in [6.07, 6.45) is 0. The number of benzene rings is 2. The van der Waals surface area contributed by atoms with Crippen LogP contribution in [0.15, 0.2) is 47.4 Å². The zero-order chi connectivity index (χ0) is 20.9. The number of rotatable bonds is 7. The third-order valence-electron chi connectivity index (χ3n) is 3.69. The molecule has 10 heteroatoms. The second-order valence-corrected chi connectivity index (χ2v) is 8.78. The van der Waals surface area contributed by atoms with Crippen LogP contribution < -0.4 is 5.32 Å². The number of nitrogens with zero attached hydrogens (tertiary/aromatic N) is 1. The number of esters is 1. The van der Waals surface area contributed by atoms with Crippen molar-refractivity contribution in [2.24, 2.45) is 0 Å². The average Bonchev–Trinajstić information content (AvgIpc) is 2.63. The highest BCUT2D eigenvalue weighted by Crippen LogP contribution is 2.20. The molecule has 150 valence electrons. The number of anilines is 1. The fourth-order valence-corrected chi connectivity index (χ4v) is 3.53. The van der Waals surface area contributed by atoms with Crippen LogP contribution in [0.5, 0.6) is 0 Å². The maximum absolute atomic E-state index is 12.4. The normalized spacial score (nSPS) is 11.3. The maximum atomic E-state index is 12.4. The summed E-state index contributed by atoms with van der Waals surface area (Å²) in [7, 11) is -2.65. The first-order valence-electron chi connectivity index (χ1n) is 8.03. The summed E-state index contributed by atoms with van der Waals surface area (Å²) < 4.78 is 30.5. The van der Waals surface area contributed by atoms with Crippen molar-refractivity contribution >= 4 is 50.8 Å². The fraction of sp³-hybridized carbons (Fsp3) is 0.222. The van der Waals surface area contributed by atoms with E-state index in [2.05, 4.69) is 5.32 Å². The number of carbonyl (C=O) groups excluding carboxylic acids is 2. The molecule has 28 heavy (non-hydrogen) atoms. The molecule has 0 unspecified atom stereocenters. The Hall–Kier alpha value is -2.13. The summed E-state index contributed by atoms with van der Waals surface area (Å²) in [5, 5.41) is 3.42. The molecule has 0 saturated carbocycles. The number of likely N-dealkylation sites (N-methyl/N-ethyl adjacent to an activating group) is 1. The van der Waals surface area contributed by atoms with E-state index >= 15 is 0 Å². The Bertz CT molecular complexity index is 978. The second-order valence-electron chi connectivity index (χ2n) is 5.89. The van der Waals surface area contributed by atoms with Crippen molar-refractivity contribution in [1.29, 1.82) is 0 Å². The first kappa shape index (κ1) is 22.2. The third kappa shape index (κ3) is 5.93. The monoisotopic (exact) mass is 444 g/mol. The Morgan fingerprint density at radius 1 is 1.11 bits per heavy atom. The first-order chi connectivity index (χ1) is 13.1. The molecule has 1 amide bonds. The maximum Gasteiger partial charge on any atom is 0.321 e. The largest absolute Gasteiger partial charge is 0.455 e. The van der Waals surface area contributed by atoms with Gasteiger partial charge in [0.1, 0.15) is 6.54 Å². The van der Waals surface area contributed by atoms with Gasteiger partial charge in [-0.15, -0.1) is 0 Å². The Balaban J connectivity index is 1.88. The molecule has 0 radical (unpaired) electrons.